The van der Waals surface area contributed by atoms with Gasteiger partial charge < -0.3 is 15.0 Å². The molecule has 1 heterocycles. The summed E-state index contributed by atoms with van der Waals surface area (Å²) in [6.45, 7) is 0.272. The Morgan fingerprint density at radius 1 is 1.40 bits per heavy atom. The van der Waals surface area contributed by atoms with E-state index in [1.54, 1.807) is 13.2 Å². The Bertz CT molecular complexity index is 815. The van der Waals surface area contributed by atoms with Gasteiger partial charge in [-0.05, 0) is 24.5 Å². The quantitative estimate of drug-likeness (QED) is 0.826. The Hall–Kier alpha value is -2.18. The molecule has 1 fully saturated rings. The van der Waals surface area contributed by atoms with Crippen molar-refractivity contribution in [2.24, 2.45) is 0 Å². The van der Waals surface area contributed by atoms with Gasteiger partial charge in [0.2, 0.25) is 5.91 Å². The van der Waals surface area contributed by atoms with Crippen LogP contribution in [0.4, 0.5) is 0 Å². The van der Waals surface area contributed by atoms with Crippen LogP contribution < -0.4 is 10.9 Å². The van der Waals surface area contributed by atoms with E-state index in [2.05, 4.69) is 15.3 Å². The van der Waals surface area contributed by atoms with Gasteiger partial charge in [0, 0.05) is 30.2 Å². The second-order valence-corrected chi connectivity index (χ2v) is 6.66. The van der Waals surface area contributed by atoms with E-state index in [4.69, 9.17) is 16.3 Å². The van der Waals surface area contributed by atoms with Crippen molar-refractivity contribution in [1.29, 1.82) is 0 Å². The van der Waals surface area contributed by atoms with Crippen molar-refractivity contribution >= 4 is 17.5 Å². The standard InChI is InChI=1S/C18H20ClN3O3/c1-25-10-16-21-15(9-18(24)22-16)12-6-13(7-12)20-17(23)8-11-4-2-3-5-14(11)19/h2-5,9,12-13H,6-8,10H2,1H3,(H,20,23)(H,21,22,24). The fourth-order valence-corrected chi connectivity index (χ4v) is 3.22. The molecule has 0 spiro atoms. The number of hydrogen-bond acceptors (Lipinski definition) is 4. The van der Waals surface area contributed by atoms with Crippen molar-refractivity contribution < 1.29 is 9.53 Å². The van der Waals surface area contributed by atoms with Crippen molar-refractivity contribution in [3.63, 3.8) is 0 Å². The van der Waals surface area contributed by atoms with E-state index in [9.17, 15) is 9.59 Å². The number of halogens is 1. The Kier molecular flexibility index (Phi) is 5.50. The molecule has 2 aromatic rings. The summed E-state index contributed by atoms with van der Waals surface area (Å²) in [5, 5.41) is 3.61. The van der Waals surface area contributed by atoms with Crippen molar-refractivity contribution in [2.45, 2.75) is 37.8 Å². The molecule has 1 aliphatic rings. The van der Waals surface area contributed by atoms with Crippen LogP contribution in [0, 0.1) is 0 Å². The Morgan fingerprint density at radius 2 is 2.16 bits per heavy atom. The van der Waals surface area contributed by atoms with Crippen molar-refractivity contribution in [2.75, 3.05) is 7.11 Å². The normalized spacial score (nSPS) is 19.3. The maximum absolute atomic E-state index is 12.1. The molecule has 1 amide bonds. The number of nitrogens with one attached hydrogen (secondary N) is 2. The number of aromatic nitrogens is 2. The molecule has 1 aromatic carbocycles. The summed E-state index contributed by atoms with van der Waals surface area (Å²) in [5.41, 5.74) is 1.40. The smallest absolute Gasteiger partial charge is 0.251 e. The number of carbonyl (C=O) groups excluding carboxylic acids is 1. The second kappa shape index (κ2) is 7.80. The first kappa shape index (κ1) is 17.6. The third-order valence-electron chi connectivity index (χ3n) is 4.32. The molecule has 0 unspecified atom stereocenters. The van der Waals surface area contributed by atoms with Gasteiger partial charge in [-0.2, -0.15) is 0 Å². The molecule has 6 nitrogen and oxygen atoms in total. The summed E-state index contributed by atoms with van der Waals surface area (Å²) in [6.07, 6.45) is 1.82. The van der Waals surface area contributed by atoms with Crippen LogP contribution in [0.15, 0.2) is 35.1 Å². The van der Waals surface area contributed by atoms with E-state index in [-0.39, 0.29) is 36.5 Å². The molecule has 3 rings (SSSR count). The van der Waals surface area contributed by atoms with E-state index in [1.165, 1.54) is 6.07 Å². The van der Waals surface area contributed by atoms with Crippen LogP contribution in [0.1, 0.15) is 35.8 Å². The molecule has 1 saturated carbocycles. The van der Waals surface area contributed by atoms with Gasteiger partial charge in [0.1, 0.15) is 12.4 Å². The monoisotopic (exact) mass is 361 g/mol. The molecule has 132 valence electrons. The van der Waals surface area contributed by atoms with Gasteiger partial charge in [0.25, 0.3) is 5.56 Å². The van der Waals surface area contributed by atoms with E-state index in [0.29, 0.717) is 10.8 Å². The van der Waals surface area contributed by atoms with Crippen molar-refractivity contribution in [3.8, 4) is 0 Å². The molecule has 0 bridgehead atoms. The zero-order valence-corrected chi connectivity index (χ0v) is 14.7. The van der Waals surface area contributed by atoms with E-state index >= 15 is 0 Å². The number of rotatable bonds is 6. The average Bonchev–Trinajstić information content (AvgIpc) is 2.52. The van der Waals surface area contributed by atoms with Crippen LogP contribution >= 0.6 is 11.6 Å². The summed E-state index contributed by atoms with van der Waals surface area (Å²) in [7, 11) is 1.56. The van der Waals surface area contributed by atoms with Crippen LogP contribution in [0.2, 0.25) is 5.02 Å². The fraction of sp³-hybridized carbons (Fsp3) is 0.389. The minimum Gasteiger partial charge on any atom is -0.377 e. The van der Waals surface area contributed by atoms with E-state index < -0.39 is 0 Å². The molecule has 25 heavy (non-hydrogen) atoms. The minimum atomic E-state index is -0.178. The number of amides is 1. The molecular formula is C18H20ClN3O3. The first-order valence-electron chi connectivity index (χ1n) is 8.17. The zero-order chi connectivity index (χ0) is 17.8. The van der Waals surface area contributed by atoms with Crippen LogP contribution in [0.25, 0.3) is 0 Å². The molecule has 2 N–H and O–H groups in total. The number of carbonyl (C=O) groups is 1. The fourth-order valence-electron chi connectivity index (χ4n) is 3.01. The lowest BCUT2D eigenvalue weighted by Gasteiger charge is -2.35. The highest BCUT2D eigenvalue weighted by Gasteiger charge is 2.32. The van der Waals surface area contributed by atoms with E-state index in [0.717, 1.165) is 24.1 Å². The van der Waals surface area contributed by atoms with Crippen molar-refractivity contribution in [1.82, 2.24) is 15.3 Å². The minimum absolute atomic E-state index is 0.0458. The van der Waals surface area contributed by atoms with Gasteiger partial charge in [-0.15, -0.1) is 0 Å². The summed E-state index contributed by atoms with van der Waals surface area (Å²) >= 11 is 6.08. The predicted octanol–water partition coefficient (Wildman–Crippen LogP) is 2.17. The van der Waals surface area contributed by atoms with Crippen LogP contribution in [0.3, 0.4) is 0 Å². The topological polar surface area (TPSA) is 84.1 Å². The lowest BCUT2D eigenvalue weighted by molar-refractivity contribution is -0.121. The number of H-pyrrole nitrogens is 1. The summed E-state index contributed by atoms with van der Waals surface area (Å²) in [4.78, 5) is 30.9. The predicted molar refractivity (Wildman–Crippen MR) is 94.6 cm³/mol. The molecule has 0 saturated heterocycles. The van der Waals surface area contributed by atoms with Gasteiger partial charge >= 0.3 is 0 Å². The first-order chi connectivity index (χ1) is 12.0. The van der Waals surface area contributed by atoms with Gasteiger partial charge in [-0.1, -0.05) is 29.8 Å². The maximum atomic E-state index is 12.1. The number of hydrogen-bond donors (Lipinski definition) is 2. The summed E-state index contributed by atoms with van der Waals surface area (Å²) < 4.78 is 5.01. The van der Waals surface area contributed by atoms with Gasteiger partial charge in [-0.25, -0.2) is 4.98 Å². The SMILES string of the molecule is COCc1nc(C2CC(NC(=O)Cc3ccccc3Cl)C2)cc(=O)[nH]1. The van der Waals surface area contributed by atoms with Crippen molar-refractivity contribution in [3.05, 3.63) is 62.8 Å². The average molecular weight is 362 g/mol. The largest absolute Gasteiger partial charge is 0.377 e. The van der Waals surface area contributed by atoms with Crippen LogP contribution in [-0.4, -0.2) is 29.0 Å². The lowest BCUT2D eigenvalue weighted by atomic mass is 9.78. The zero-order valence-electron chi connectivity index (χ0n) is 13.9. The number of ether oxygens (including phenoxy) is 1. The third kappa shape index (κ3) is 4.46. The molecule has 1 aromatic heterocycles. The molecule has 0 radical (unpaired) electrons. The number of aromatic amines is 1. The Balaban J connectivity index is 1.53. The van der Waals surface area contributed by atoms with Crippen LogP contribution in [-0.2, 0) is 22.6 Å². The number of nitrogens with zero attached hydrogens (tertiary/aromatic N) is 1. The highest BCUT2D eigenvalue weighted by atomic mass is 35.5. The summed E-state index contributed by atoms with van der Waals surface area (Å²) in [5.74, 6) is 0.662. The molecular weight excluding hydrogens is 342 g/mol. The molecule has 1 aliphatic carbocycles. The number of benzene rings is 1. The lowest BCUT2D eigenvalue weighted by Crippen LogP contribution is -2.44. The summed E-state index contributed by atoms with van der Waals surface area (Å²) in [6, 6.07) is 8.96. The molecule has 0 atom stereocenters. The van der Waals surface area contributed by atoms with Gasteiger partial charge in [0.15, 0.2) is 0 Å². The Morgan fingerprint density at radius 3 is 2.88 bits per heavy atom. The Labute approximate surface area is 150 Å². The first-order valence-corrected chi connectivity index (χ1v) is 8.55. The highest BCUT2D eigenvalue weighted by molar-refractivity contribution is 6.31. The number of methoxy groups -OCH3 is 1. The second-order valence-electron chi connectivity index (χ2n) is 6.25. The van der Waals surface area contributed by atoms with Gasteiger partial charge in [0.05, 0.1) is 12.1 Å². The molecule has 0 aliphatic heterocycles. The highest BCUT2D eigenvalue weighted by Crippen LogP contribution is 2.35. The molecule has 7 heteroatoms. The third-order valence-corrected chi connectivity index (χ3v) is 4.69. The van der Waals surface area contributed by atoms with Gasteiger partial charge in [-0.3, -0.25) is 9.59 Å². The maximum Gasteiger partial charge on any atom is 0.251 e. The van der Waals surface area contributed by atoms with E-state index in [1.807, 2.05) is 18.2 Å². The van der Waals surface area contributed by atoms with Crippen LogP contribution in [0.5, 0.6) is 0 Å².